The van der Waals surface area contributed by atoms with Crippen LogP contribution in [0.15, 0.2) is 72.1 Å². The molecule has 1 amide bonds. The van der Waals surface area contributed by atoms with E-state index in [0.717, 1.165) is 40.3 Å². The number of hydrogen-bond acceptors (Lipinski definition) is 5. The zero-order valence-electron chi connectivity index (χ0n) is 20.1. The summed E-state index contributed by atoms with van der Waals surface area (Å²) in [4.78, 5) is 22.0. The molecule has 1 aliphatic rings. The van der Waals surface area contributed by atoms with E-state index in [9.17, 15) is 4.79 Å². The zero-order valence-corrected chi connectivity index (χ0v) is 20.9. The Morgan fingerprint density at radius 3 is 2.51 bits per heavy atom. The van der Waals surface area contributed by atoms with Gasteiger partial charge in [-0.05, 0) is 67.2 Å². The number of carbonyl (C=O) groups excluding carboxylic acids is 1. The summed E-state index contributed by atoms with van der Waals surface area (Å²) in [5, 5.41) is 6.18. The van der Waals surface area contributed by atoms with Gasteiger partial charge >= 0.3 is 0 Å². The van der Waals surface area contributed by atoms with Crippen LogP contribution in [-0.4, -0.2) is 42.5 Å². The molecule has 1 N–H and O–H groups in total. The number of para-hydroxylation sites is 1. The van der Waals surface area contributed by atoms with Crippen LogP contribution in [0.25, 0.3) is 21.5 Å². The molecule has 2 aromatic heterocycles. The van der Waals surface area contributed by atoms with Gasteiger partial charge in [-0.3, -0.25) is 9.69 Å². The molecule has 5 nitrogen and oxygen atoms in total. The van der Waals surface area contributed by atoms with Gasteiger partial charge in [0.2, 0.25) is 0 Å². The Balaban J connectivity index is 1.43. The topological polar surface area (TPSA) is 54.5 Å². The molecule has 0 radical (unpaired) electrons. The highest BCUT2D eigenvalue weighted by atomic mass is 32.1. The molecule has 180 valence electrons. The number of ether oxygens (including phenoxy) is 1. The standard InChI is InChI=1S/C29H31N3O2S/c1-34-22-14-12-21(13-15-22)27(32-16-6-2-3-7-17-32)20-30-29(33)24-19-26(28-11-8-18-35-28)31-25-10-5-4-9-23(24)25/h4-5,8-15,18-19,27H,2-3,6-7,16-17,20H2,1H3,(H,30,33). The number of aromatic nitrogens is 1. The van der Waals surface area contributed by atoms with Gasteiger partial charge in [0.05, 0.1) is 34.8 Å². The first-order valence-corrected chi connectivity index (χ1v) is 13.2. The van der Waals surface area contributed by atoms with E-state index in [1.54, 1.807) is 18.4 Å². The third-order valence-corrected chi connectivity index (χ3v) is 7.66. The molecular weight excluding hydrogens is 454 g/mol. The van der Waals surface area contributed by atoms with E-state index in [1.165, 1.54) is 31.2 Å². The second kappa shape index (κ2) is 11.0. The molecule has 1 atom stereocenters. The van der Waals surface area contributed by atoms with Gasteiger partial charge in [-0.25, -0.2) is 4.98 Å². The number of nitrogens with zero attached hydrogens (tertiary/aromatic N) is 2. The molecule has 1 fully saturated rings. The minimum atomic E-state index is -0.0604. The molecule has 0 spiro atoms. The summed E-state index contributed by atoms with van der Waals surface area (Å²) >= 11 is 1.63. The molecule has 4 aromatic rings. The summed E-state index contributed by atoms with van der Waals surface area (Å²) in [6, 6.07) is 22.2. The maximum Gasteiger partial charge on any atom is 0.252 e. The number of fused-ring (bicyclic) bond motifs is 1. The molecule has 0 aliphatic carbocycles. The van der Waals surface area contributed by atoms with Crippen molar-refractivity contribution in [2.45, 2.75) is 31.7 Å². The number of rotatable bonds is 7. The Bertz CT molecular complexity index is 1260. The zero-order chi connectivity index (χ0) is 24.0. The number of benzene rings is 2. The summed E-state index contributed by atoms with van der Waals surface area (Å²) in [6.07, 6.45) is 4.93. The third kappa shape index (κ3) is 5.39. The van der Waals surface area contributed by atoms with Gasteiger partial charge in [-0.2, -0.15) is 0 Å². The SMILES string of the molecule is COc1ccc(C(CNC(=O)c2cc(-c3cccs3)nc3ccccc23)N2CCCCCC2)cc1. The van der Waals surface area contributed by atoms with Crippen molar-refractivity contribution in [3.8, 4) is 16.3 Å². The van der Waals surface area contributed by atoms with Gasteiger partial charge in [0, 0.05) is 11.9 Å². The Kier molecular flexibility index (Phi) is 7.40. The predicted molar refractivity (Wildman–Crippen MR) is 143 cm³/mol. The Morgan fingerprint density at radius 2 is 1.80 bits per heavy atom. The lowest BCUT2D eigenvalue weighted by Gasteiger charge is -2.31. The molecule has 0 bridgehead atoms. The number of amides is 1. The van der Waals surface area contributed by atoms with Gasteiger partial charge < -0.3 is 10.1 Å². The van der Waals surface area contributed by atoms with Crippen LogP contribution in [0.1, 0.15) is 47.6 Å². The monoisotopic (exact) mass is 485 g/mol. The van der Waals surface area contributed by atoms with Gasteiger partial charge in [-0.15, -0.1) is 11.3 Å². The molecule has 6 heteroatoms. The first-order valence-electron chi connectivity index (χ1n) is 12.3. The van der Waals surface area contributed by atoms with E-state index in [2.05, 4.69) is 22.3 Å². The van der Waals surface area contributed by atoms with Crippen molar-refractivity contribution in [2.24, 2.45) is 0 Å². The highest BCUT2D eigenvalue weighted by Crippen LogP contribution is 2.29. The fourth-order valence-corrected chi connectivity index (χ4v) is 5.58. The first-order chi connectivity index (χ1) is 17.2. The number of hydrogen-bond donors (Lipinski definition) is 1. The fourth-order valence-electron chi connectivity index (χ4n) is 4.89. The van der Waals surface area contributed by atoms with Crippen LogP contribution in [0.3, 0.4) is 0 Å². The van der Waals surface area contributed by atoms with E-state index >= 15 is 0 Å². The summed E-state index contributed by atoms with van der Waals surface area (Å²) in [5.41, 5.74) is 3.54. The summed E-state index contributed by atoms with van der Waals surface area (Å²) in [6.45, 7) is 2.65. The van der Waals surface area contributed by atoms with Gasteiger partial charge in [0.25, 0.3) is 5.91 Å². The van der Waals surface area contributed by atoms with Gasteiger partial charge in [-0.1, -0.05) is 49.2 Å². The van der Waals surface area contributed by atoms with Crippen molar-refractivity contribution in [2.75, 3.05) is 26.7 Å². The number of likely N-dealkylation sites (tertiary alicyclic amines) is 1. The number of thiophene rings is 1. The Labute approximate surface area is 210 Å². The van der Waals surface area contributed by atoms with Crippen molar-refractivity contribution in [1.29, 1.82) is 0 Å². The van der Waals surface area contributed by atoms with Crippen LogP contribution in [0.5, 0.6) is 5.75 Å². The lowest BCUT2D eigenvalue weighted by molar-refractivity contribution is 0.0935. The lowest BCUT2D eigenvalue weighted by atomic mass is 10.0. The van der Waals surface area contributed by atoms with Crippen LogP contribution in [0.4, 0.5) is 0 Å². The fraction of sp³-hybridized carbons (Fsp3) is 0.310. The minimum absolute atomic E-state index is 0.0604. The molecule has 1 saturated heterocycles. The predicted octanol–water partition coefficient (Wildman–Crippen LogP) is 6.32. The van der Waals surface area contributed by atoms with Crippen molar-refractivity contribution >= 4 is 28.1 Å². The minimum Gasteiger partial charge on any atom is -0.497 e. The molecule has 3 heterocycles. The van der Waals surface area contributed by atoms with Gasteiger partial charge in [0.1, 0.15) is 5.75 Å². The van der Waals surface area contributed by atoms with Crippen molar-refractivity contribution in [1.82, 2.24) is 15.2 Å². The third-order valence-electron chi connectivity index (χ3n) is 6.77. The molecule has 1 unspecified atom stereocenters. The lowest BCUT2D eigenvalue weighted by Crippen LogP contribution is -2.38. The van der Waals surface area contributed by atoms with Crippen molar-refractivity contribution < 1.29 is 9.53 Å². The summed E-state index contributed by atoms with van der Waals surface area (Å²) < 4.78 is 5.36. The second-order valence-electron chi connectivity index (χ2n) is 9.00. The maximum atomic E-state index is 13.6. The summed E-state index contributed by atoms with van der Waals surface area (Å²) in [7, 11) is 1.69. The van der Waals surface area contributed by atoms with Crippen LogP contribution >= 0.6 is 11.3 Å². The quantitative estimate of drug-likeness (QED) is 0.333. The van der Waals surface area contributed by atoms with E-state index in [0.29, 0.717) is 12.1 Å². The largest absolute Gasteiger partial charge is 0.497 e. The average Bonchev–Trinajstić information content (AvgIpc) is 3.32. The maximum absolute atomic E-state index is 13.6. The average molecular weight is 486 g/mol. The number of carbonyl (C=O) groups is 1. The molecule has 5 rings (SSSR count). The van der Waals surface area contributed by atoms with Crippen molar-refractivity contribution in [3.63, 3.8) is 0 Å². The normalized spacial score (nSPS) is 15.5. The Morgan fingerprint density at radius 1 is 1.03 bits per heavy atom. The number of nitrogens with one attached hydrogen (secondary N) is 1. The highest BCUT2D eigenvalue weighted by Gasteiger charge is 2.23. The van der Waals surface area contributed by atoms with E-state index in [4.69, 9.17) is 9.72 Å². The van der Waals surface area contributed by atoms with Crippen molar-refractivity contribution in [3.05, 3.63) is 83.2 Å². The van der Waals surface area contributed by atoms with Crippen LogP contribution < -0.4 is 10.1 Å². The van der Waals surface area contributed by atoms with E-state index < -0.39 is 0 Å². The van der Waals surface area contributed by atoms with Crippen LogP contribution in [-0.2, 0) is 0 Å². The Hall–Kier alpha value is -3.22. The molecular formula is C29H31N3O2S. The summed E-state index contributed by atoms with van der Waals surface area (Å²) in [5.74, 6) is 0.784. The van der Waals surface area contributed by atoms with Gasteiger partial charge in [0.15, 0.2) is 0 Å². The first kappa shape index (κ1) is 23.5. The number of methoxy groups -OCH3 is 1. The second-order valence-corrected chi connectivity index (χ2v) is 9.95. The van der Waals surface area contributed by atoms with E-state index in [-0.39, 0.29) is 11.9 Å². The molecule has 1 aliphatic heterocycles. The molecule has 2 aromatic carbocycles. The van der Waals surface area contributed by atoms with Crippen LogP contribution in [0, 0.1) is 0 Å². The number of pyridine rings is 1. The molecule has 35 heavy (non-hydrogen) atoms. The van der Waals surface area contributed by atoms with E-state index in [1.807, 2.05) is 60.0 Å². The van der Waals surface area contributed by atoms with Crippen LogP contribution in [0.2, 0.25) is 0 Å². The molecule has 0 saturated carbocycles. The smallest absolute Gasteiger partial charge is 0.252 e. The highest BCUT2D eigenvalue weighted by molar-refractivity contribution is 7.13.